The Kier molecular flexibility index (Phi) is 20.5. The molecule has 3 heterocycles. The molecule has 0 radical (unpaired) electrons. The van der Waals surface area contributed by atoms with E-state index in [0.717, 1.165) is 65.1 Å². The van der Waals surface area contributed by atoms with Crippen LogP contribution >= 0.6 is 33.3 Å². The van der Waals surface area contributed by atoms with Crippen molar-refractivity contribution in [2.45, 2.75) is 111 Å². The minimum absolute atomic E-state index is 0.0357. The third-order valence-corrected chi connectivity index (χ3v) is 15.4. The third-order valence-electron chi connectivity index (χ3n) is 11.6. The predicted octanol–water partition coefficient (Wildman–Crippen LogP) is 6.04. The van der Waals surface area contributed by atoms with Gasteiger partial charge in [-0.3, -0.25) is 19.2 Å². The number of unbranched alkanes of at least 4 members (excludes halogenated alkanes) is 4. The predicted molar refractivity (Wildman–Crippen MR) is 257 cm³/mol. The monoisotopic (exact) mass is 946 g/mol. The molecule has 2 saturated heterocycles. The van der Waals surface area contributed by atoms with Gasteiger partial charge in [-0.25, -0.2) is 14.6 Å². The van der Waals surface area contributed by atoms with E-state index in [9.17, 15) is 28.8 Å². The molecule has 2 aromatic carbocycles. The average molecular weight is 947 g/mol. The number of hydrogen-bond donors (Lipinski definition) is 7. The number of urea groups is 1. The Hall–Kier alpha value is -4.94. The van der Waals surface area contributed by atoms with Gasteiger partial charge < -0.3 is 42.0 Å². The van der Waals surface area contributed by atoms with E-state index < -0.39 is 12.1 Å². The van der Waals surface area contributed by atoms with Crippen molar-refractivity contribution < 1.29 is 33.5 Å². The van der Waals surface area contributed by atoms with E-state index >= 15 is 0 Å². The Balaban J connectivity index is 0.857. The number of ether oxygens (including phenoxy) is 1. The number of nitrogens with one attached hydrogen (secondary N) is 7. The minimum Gasteiger partial charge on any atom is -0.449 e. The van der Waals surface area contributed by atoms with Gasteiger partial charge in [-0.05, 0) is 96.5 Å². The Labute approximate surface area is 393 Å². The molecule has 1 aromatic heterocycles. The second kappa shape index (κ2) is 26.9. The van der Waals surface area contributed by atoms with Crippen LogP contribution in [0.2, 0.25) is 0 Å². The lowest BCUT2D eigenvalue weighted by molar-refractivity contribution is -0.126. The van der Waals surface area contributed by atoms with E-state index in [1.54, 1.807) is 27.8 Å². The first-order chi connectivity index (χ1) is 31.7. The van der Waals surface area contributed by atoms with Crippen LogP contribution in [0.5, 0.6) is 0 Å². The van der Waals surface area contributed by atoms with Crippen LogP contribution in [-0.2, 0) is 23.9 Å². The van der Waals surface area contributed by atoms with Crippen LogP contribution in [0.4, 0.5) is 9.59 Å². The maximum atomic E-state index is 13.4. The highest BCUT2D eigenvalue weighted by molar-refractivity contribution is 8.76. The summed E-state index contributed by atoms with van der Waals surface area (Å²) in [6.45, 7) is 1.97. The molecular weight excluding hydrogens is 885 g/mol. The summed E-state index contributed by atoms with van der Waals surface area (Å²) in [6, 6.07) is 21.4. The molecule has 15 nitrogen and oxygen atoms in total. The zero-order chi connectivity index (χ0) is 45.6. The molecule has 0 unspecified atom stereocenters. The van der Waals surface area contributed by atoms with Gasteiger partial charge in [-0.1, -0.05) is 71.8 Å². The zero-order valence-corrected chi connectivity index (χ0v) is 39.2. The van der Waals surface area contributed by atoms with E-state index in [2.05, 4.69) is 66.5 Å². The molecule has 65 heavy (non-hydrogen) atoms. The van der Waals surface area contributed by atoms with Crippen LogP contribution in [0, 0.1) is 0 Å². The molecule has 3 aromatic rings. The van der Waals surface area contributed by atoms with Gasteiger partial charge in [0.1, 0.15) is 17.7 Å². The van der Waals surface area contributed by atoms with Crippen molar-refractivity contribution in [2.75, 3.05) is 44.3 Å². The lowest BCUT2D eigenvalue weighted by Crippen LogP contribution is -2.47. The van der Waals surface area contributed by atoms with Crippen molar-refractivity contribution in [3.8, 4) is 11.1 Å². The van der Waals surface area contributed by atoms with Gasteiger partial charge in [0, 0.05) is 74.3 Å². The highest BCUT2D eigenvalue weighted by Crippen LogP contribution is 2.44. The smallest absolute Gasteiger partial charge is 0.407 e. The van der Waals surface area contributed by atoms with Crippen LogP contribution in [0.1, 0.15) is 94.1 Å². The van der Waals surface area contributed by atoms with Gasteiger partial charge in [0.2, 0.25) is 23.6 Å². The van der Waals surface area contributed by atoms with Crippen molar-refractivity contribution in [2.24, 2.45) is 0 Å². The normalized spacial score (nSPS) is 17.4. The second-order valence-corrected chi connectivity index (χ2v) is 20.1. The standard InChI is InChI=1S/C47H62N8O7S3/c56-40(20-7-6-19-39-44-38(31-63-39)53-46(60)55-44)48-24-10-1-11-27-52-45(59)37(54-47(61)62-30-36-34-16-4-2-14-32(34)33-15-3-5-17-35(33)36)18-8-12-25-49-41(57)22-23-42(58)50-28-29-64-65-43-21-9-13-26-51-43/h2-5,9,13-17,21,26,36-39,44H,1,6-8,10-12,18-20,22-25,27-31H2,(H,48,56)(H,49,57)(H,50,58)(H,52,59)(H,54,61)(H2,53,55,60)/t37-,38-,39-,44-/m0/s1. The van der Waals surface area contributed by atoms with Crippen molar-refractivity contribution in [3.05, 3.63) is 84.1 Å². The Morgan fingerprint density at radius 1 is 0.723 bits per heavy atom. The highest BCUT2D eigenvalue weighted by Gasteiger charge is 2.42. The van der Waals surface area contributed by atoms with Crippen molar-refractivity contribution in [3.63, 3.8) is 0 Å². The molecular formula is C47H62N8O7S3. The van der Waals surface area contributed by atoms with Crippen LogP contribution in [0.3, 0.4) is 0 Å². The molecule has 0 bridgehead atoms. The number of benzene rings is 2. The molecule has 7 amide bonds. The first kappa shape index (κ1) is 49.5. The molecule has 2 fully saturated rings. The van der Waals surface area contributed by atoms with Gasteiger partial charge >= 0.3 is 12.1 Å². The van der Waals surface area contributed by atoms with Gasteiger partial charge in [0.05, 0.1) is 12.1 Å². The number of carbonyl (C=O) groups is 6. The number of hydrogen-bond acceptors (Lipinski definition) is 11. The van der Waals surface area contributed by atoms with E-state index in [0.29, 0.717) is 69.3 Å². The highest BCUT2D eigenvalue weighted by atomic mass is 33.1. The molecule has 6 rings (SSSR count). The first-order valence-corrected chi connectivity index (χ1v) is 26.2. The summed E-state index contributed by atoms with van der Waals surface area (Å²) in [5.74, 6) is 0.839. The number of carbonyl (C=O) groups excluding carboxylic acids is 6. The van der Waals surface area contributed by atoms with Crippen molar-refractivity contribution >= 4 is 69.1 Å². The zero-order valence-electron chi connectivity index (χ0n) is 36.8. The van der Waals surface area contributed by atoms with Gasteiger partial charge in [-0.2, -0.15) is 11.8 Å². The quantitative estimate of drug-likeness (QED) is 0.0254. The summed E-state index contributed by atoms with van der Waals surface area (Å²) in [4.78, 5) is 79.7. The number of alkyl carbamates (subject to hydrolysis) is 1. The first-order valence-electron chi connectivity index (χ1n) is 22.8. The largest absolute Gasteiger partial charge is 0.449 e. The molecule has 7 N–H and O–H groups in total. The third kappa shape index (κ3) is 16.2. The summed E-state index contributed by atoms with van der Waals surface area (Å²) < 4.78 is 5.77. The van der Waals surface area contributed by atoms with E-state index in [1.807, 2.05) is 54.2 Å². The van der Waals surface area contributed by atoms with E-state index in [1.165, 1.54) is 0 Å². The van der Waals surface area contributed by atoms with Gasteiger partial charge in [-0.15, -0.1) is 0 Å². The maximum absolute atomic E-state index is 13.4. The maximum Gasteiger partial charge on any atom is 0.407 e. The van der Waals surface area contributed by atoms with Crippen LogP contribution < -0.4 is 37.2 Å². The van der Waals surface area contributed by atoms with Crippen molar-refractivity contribution in [1.82, 2.24) is 42.2 Å². The molecule has 3 aliphatic rings. The summed E-state index contributed by atoms with van der Waals surface area (Å²) in [5.41, 5.74) is 4.43. The second-order valence-electron chi connectivity index (χ2n) is 16.4. The summed E-state index contributed by atoms with van der Waals surface area (Å²) >= 11 is 1.88. The topological polar surface area (TPSA) is 209 Å². The minimum atomic E-state index is -0.841. The Bertz CT molecular complexity index is 2000. The SMILES string of the molecule is O=C(CCCC[C@@H]1SC[C@@H]2NC(=O)N[C@@H]21)NCCCCCNC(=O)[C@H](CCCCNC(=O)CCC(=O)NCCSSc1ccccn1)NC(=O)OCC1c2ccccc2-c2ccccc21. The van der Waals surface area contributed by atoms with Crippen molar-refractivity contribution in [1.29, 1.82) is 0 Å². The Morgan fingerprint density at radius 3 is 2.08 bits per heavy atom. The number of amides is 7. The molecule has 18 heteroatoms. The summed E-state index contributed by atoms with van der Waals surface area (Å²) in [6.07, 6.45) is 8.18. The average Bonchev–Trinajstić information content (AvgIpc) is 3.98. The fourth-order valence-corrected chi connectivity index (χ4v) is 11.6. The lowest BCUT2D eigenvalue weighted by Gasteiger charge is -2.20. The molecule has 0 spiro atoms. The molecule has 4 atom stereocenters. The summed E-state index contributed by atoms with van der Waals surface area (Å²) in [7, 11) is 3.15. The number of rotatable bonds is 28. The number of fused-ring (bicyclic) bond motifs is 4. The summed E-state index contributed by atoms with van der Waals surface area (Å²) in [5, 5.41) is 21.7. The van der Waals surface area contributed by atoms with Crippen LogP contribution in [0.25, 0.3) is 11.1 Å². The lowest BCUT2D eigenvalue weighted by atomic mass is 9.98. The number of nitrogens with zero attached hydrogens (tertiary/aromatic N) is 1. The van der Waals surface area contributed by atoms with Crippen LogP contribution in [-0.4, -0.2) is 108 Å². The molecule has 1 aliphatic carbocycles. The van der Waals surface area contributed by atoms with Gasteiger partial charge in [0.15, 0.2) is 0 Å². The Morgan fingerprint density at radius 2 is 1.37 bits per heavy atom. The van der Waals surface area contributed by atoms with E-state index in [-0.39, 0.29) is 67.1 Å². The van der Waals surface area contributed by atoms with E-state index in [4.69, 9.17) is 4.74 Å². The van der Waals surface area contributed by atoms with Gasteiger partial charge in [0.25, 0.3) is 0 Å². The number of pyridine rings is 1. The number of thioether (sulfide) groups is 1. The van der Waals surface area contributed by atoms with Crippen LogP contribution in [0.15, 0.2) is 78.0 Å². The fraction of sp³-hybridized carbons (Fsp3) is 0.511. The molecule has 0 saturated carbocycles. The molecule has 350 valence electrons. The fourth-order valence-electron chi connectivity index (χ4n) is 8.24. The number of aromatic nitrogens is 1. The molecule has 2 aliphatic heterocycles.